The molecule has 0 aliphatic carbocycles. The molecular formula is C11H10F3NO2. The average Bonchev–Trinajstić information content (AvgIpc) is 2.71. The molecule has 1 atom stereocenters. The fourth-order valence-corrected chi connectivity index (χ4v) is 1.79. The van der Waals surface area contributed by atoms with Crippen molar-refractivity contribution < 1.29 is 23.1 Å². The molecule has 3 nitrogen and oxygen atoms in total. The Morgan fingerprint density at radius 1 is 1.29 bits per heavy atom. The van der Waals surface area contributed by atoms with Crippen LogP contribution in [0.3, 0.4) is 0 Å². The first kappa shape index (κ1) is 11.9. The maximum atomic E-state index is 12.9. The van der Waals surface area contributed by atoms with Gasteiger partial charge >= 0.3 is 0 Å². The molecule has 1 unspecified atom stereocenters. The van der Waals surface area contributed by atoms with E-state index < -0.39 is 29.5 Å². The molecule has 1 amide bonds. The summed E-state index contributed by atoms with van der Waals surface area (Å²) in [5.74, 6) is -5.00. The number of aliphatic hydroxyl groups excluding tert-OH is 1. The fraction of sp³-hybridized carbons (Fsp3) is 0.364. The number of benzene rings is 1. The highest BCUT2D eigenvalue weighted by molar-refractivity contribution is 5.94. The third kappa shape index (κ3) is 2.26. The number of carbonyl (C=O) groups excluding carboxylic acids is 1. The van der Waals surface area contributed by atoms with Gasteiger partial charge in [0.15, 0.2) is 17.5 Å². The van der Waals surface area contributed by atoms with Crippen LogP contribution in [0.15, 0.2) is 12.1 Å². The van der Waals surface area contributed by atoms with Crippen molar-refractivity contribution in [1.29, 1.82) is 0 Å². The van der Waals surface area contributed by atoms with Crippen LogP contribution in [0.2, 0.25) is 0 Å². The van der Waals surface area contributed by atoms with Crippen LogP contribution in [0, 0.1) is 17.5 Å². The molecule has 0 aromatic heterocycles. The minimum Gasteiger partial charge on any atom is -0.391 e. The van der Waals surface area contributed by atoms with Crippen LogP contribution < -0.4 is 0 Å². The van der Waals surface area contributed by atoms with Crippen molar-refractivity contribution in [1.82, 2.24) is 4.90 Å². The molecule has 1 fully saturated rings. The number of rotatable bonds is 1. The van der Waals surface area contributed by atoms with Gasteiger partial charge in [0.1, 0.15) is 0 Å². The zero-order valence-corrected chi connectivity index (χ0v) is 8.79. The Balaban J connectivity index is 2.25. The smallest absolute Gasteiger partial charge is 0.254 e. The van der Waals surface area contributed by atoms with Crippen molar-refractivity contribution in [3.63, 3.8) is 0 Å². The summed E-state index contributed by atoms with van der Waals surface area (Å²) in [5, 5.41) is 9.25. The van der Waals surface area contributed by atoms with Gasteiger partial charge in [0.2, 0.25) is 0 Å². The molecule has 1 N–H and O–H groups in total. The highest BCUT2D eigenvalue weighted by Gasteiger charge is 2.26. The summed E-state index contributed by atoms with van der Waals surface area (Å²) in [5.41, 5.74) is -0.254. The van der Waals surface area contributed by atoms with E-state index in [9.17, 15) is 23.1 Å². The van der Waals surface area contributed by atoms with Crippen LogP contribution >= 0.6 is 0 Å². The molecule has 6 heteroatoms. The normalized spacial score (nSPS) is 19.8. The second-order valence-corrected chi connectivity index (χ2v) is 3.95. The average molecular weight is 245 g/mol. The number of carbonyl (C=O) groups is 1. The first-order valence-corrected chi connectivity index (χ1v) is 5.11. The largest absolute Gasteiger partial charge is 0.391 e. The Bertz CT molecular complexity index is 441. The number of aliphatic hydroxyl groups is 1. The Kier molecular flexibility index (Phi) is 3.06. The summed E-state index contributed by atoms with van der Waals surface area (Å²) in [7, 11) is 0. The van der Waals surface area contributed by atoms with Crippen LogP contribution in [0.5, 0.6) is 0 Å². The first-order chi connectivity index (χ1) is 7.99. The molecule has 1 aliphatic heterocycles. The van der Waals surface area contributed by atoms with Gasteiger partial charge in [-0.05, 0) is 18.6 Å². The fourth-order valence-electron chi connectivity index (χ4n) is 1.79. The van der Waals surface area contributed by atoms with Crippen LogP contribution in [0.25, 0.3) is 0 Å². The van der Waals surface area contributed by atoms with E-state index >= 15 is 0 Å². The second kappa shape index (κ2) is 4.37. The predicted molar refractivity (Wildman–Crippen MR) is 52.8 cm³/mol. The molecule has 0 spiro atoms. The number of likely N-dealkylation sites (tertiary alicyclic amines) is 1. The van der Waals surface area contributed by atoms with Gasteiger partial charge < -0.3 is 10.0 Å². The van der Waals surface area contributed by atoms with Crippen molar-refractivity contribution in [3.05, 3.63) is 35.1 Å². The molecule has 1 aliphatic rings. The summed E-state index contributed by atoms with van der Waals surface area (Å²) in [6, 6.07) is 1.32. The van der Waals surface area contributed by atoms with E-state index in [1.807, 2.05) is 0 Å². The second-order valence-electron chi connectivity index (χ2n) is 3.95. The van der Waals surface area contributed by atoms with Gasteiger partial charge in [-0.25, -0.2) is 13.2 Å². The van der Waals surface area contributed by atoms with E-state index in [4.69, 9.17) is 0 Å². The van der Waals surface area contributed by atoms with E-state index in [0.717, 1.165) is 0 Å². The molecule has 1 saturated heterocycles. The third-order valence-corrected chi connectivity index (χ3v) is 2.68. The summed E-state index contributed by atoms with van der Waals surface area (Å²) in [6.45, 7) is 0.445. The lowest BCUT2D eigenvalue weighted by Crippen LogP contribution is -2.29. The SMILES string of the molecule is O=C(c1cc(F)c(F)c(F)c1)N1CCC(O)C1. The first-order valence-electron chi connectivity index (χ1n) is 5.11. The summed E-state index contributed by atoms with van der Waals surface area (Å²) < 4.78 is 38.6. The lowest BCUT2D eigenvalue weighted by atomic mass is 10.2. The van der Waals surface area contributed by atoms with Gasteiger partial charge in [0, 0.05) is 18.7 Å². The van der Waals surface area contributed by atoms with E-state index in [2.05, 4.69) is 0 Å². The maximum Gasteiger partial charge on any atom is 0.254 e. The van der Waals surface area contributed by atoms with Crippen molar-refractivity contribution >= 4 is 5.91 Å². The molecule has 1 aromatic rings. The van der Waals surface area contributed by atoms with Crippen LogP contribution in [0.1, 0.15) is 16.8 Å². The van der Waals surface area contributed by atoms with Crippen molar-refractivity contribution in [2.45, 2.75) is 12.5 Å². The van der Waals surface area contributed by atoms with E-state index in [1.54, 1.807) is 0 Å². The van der Waals surface area contributed by atoms with Gasteiger partial charge in [-0.2, -0.15) is 0 Å². The monoisotopic (exact) mass is 245 g/mol. The molecule has 0 bridgehead atoms. The van der Waals surface area contributed by atoms with Crippen molar-refractivity contribution in [3.8, 4) is 0 Å². The number of nitrogens with zero attached hydrogens (tertiary/aromatic N) is 1. The molecule has 0 radical (unpaired) electrons. The quantitative estimate of drug-likeness (QED) is 0.758. The minimum atomic E-state index is -1.59. The summed E-state index contributed by atoms with van der Waals surface area (Å²) in [4.78, 5) is 13.0. The molecule has 0 saturated carbocycles. The molecule has 92 valence electrons. The standard InChI is InChI=1S/C11H10F3NO2/c12-8-3-6(4-9(13)10(8)14)11(17)15-2-1-7(16)5-15/h3-4,7,16H,1-2,5H2. The number of hydrogen-bond donors (Lipinski definition) is 1. The zero-order chi connectivity index (χ0) is 12.6. The van der Waals surface area contributed by atoms with Crippen LogP contribution in [-0.2, 0) is 0 Å². The predicted octanol–water partition coefficient (Wildman–Crippen LogP) is 1.31. The number of halogens is 3. The van der Waals surface area contributed by atoms with Gasteiger partial charge in [-0.3, -0.25) is 4.79 Å². The topological polar surface area (TPSA) is 40.5 Å². The summed E-state index contributed by atoms with van der Waals surface area (Å²) >= 11 is 0. The van der Waals surface area contributed by atoms with E-state index in [0.29, 0.717) is 25.1 Å². The lowest BCUT2D eigenvalue weighted by Gasteiger charge is -2.15. The van der Waals surface area contributed by atoms with Gasteiger partial charge in [-0.15, -0.1) is 0 Å². The van der Waals surface area contributed by atoms with Gasteiger partial charge in [0.25, 0.3) is 5.91 Å². The number of hydrogen-bond acceptors (Lipinski definition) is 2. The lowest BCUT2D eigenvalue weighted by molar-refractivity contribution is 0.0763. The molecule has 17 heavy (non-hydrogen) atoms. The number of β-amino-alcohol motifs (C(OH)–C–C–N with tert-alkyl or cyclic N) is 1. The van der Waals surface area contributed by atoms with Crippen molar-refractivity contribution in [2.24, 2.45) is 0 Å². The highest BCUT2D eigenvalue weighted by Crippen LogP contribution is 2.17. The Morgan fingerprint density at radius 2 is 1.88 bits per heavy atom. The van der Waals surface area contributed by atoms with Crippen LogP contribution in [-0.4, -0.2) is 35.1 Å². The van der Waals surface area contributed by atoms with Gasteiger partial charge in [-0.1, -0.05) is 0 Å². The van der Waals surface area contributed by atoms with E-state index in [1.165, 1.54) is 4.90 Å². The van der Waals surface area contributed by atoms with Gasteiger partial charge in [0.05, 0.1) is 6.10 Å². The Morgan fingerprint density at radius 3 is 2.35 bits per heavy atom. The maximum absolute atomic E-state index is 12.9. The third-order valence-electron chi connectivity index (χ3n) is 2.68. The zero-order valence-electron chi connectivity index (χ0n) is 8.79. The Hall–Kier alpha value is -1.56. The molecule has 1 aromatic carbocycles. The van der Waals surface area contributed by atoms with E-state index in [-0.39, 0.29) is 12.1 Å². The molecule has 1 heterocycles. The molecular weight excluding hydrogens is 235 g/mol. The van der Waals surface area contributed by atoms with Crippen molar-refractivity contribution in [2.75, 3.05) is 13.1 Å². The Labute approximate surface area is 95.5 Å². The summed E-state index contributed by atoms with van der Waals surface area (Å²) in [6.07, 6.45) is -0.188. The molecule has 2 rings (SSSR count). The highest BCUT2D eigenvalue weighted by atomic mass is 19.2. The minimum absolute atomic E-state index is 0.124. The van der Waals surface area contributed by atoms with Crippen LogP contribution in [0.4, 0.5) is 13.2 Å². The number of amides is 1.